The molecule has 27 heavy (non-hydrogen) atoms. The lowest BCUT2D eigenvalue weighted by Gasteiger charge is -2.00. The highest BCUT2D eigenvalue weighted by molar-refractivity contribution is 5.87. The van der Waals surface area contributed by atoms with E-state index >= 15 is 0 Å². The number of carbonyl (C=O) groups excluding carboxylic acids is 1. The van der Waals surface area contributed by atoms with Crippen LogP contribution < -0.4 is 9.47 Å². The third kappa shape index (κ3) is 4.94. The molecule has 7 heteroatoms. The Hall–Kier alpha value is -3.61. The van der Waals surface area contributed by atoms with Crippen LogP contribution in [0.15, 0.2) is 59.0 Å². The van der Waals surface area contributed by atoms with Crippen molar-refractivity contribution in [3.05, 3.63) is 66.1 Å². The van der Waals surface area contributed by atoms with Crippen molar-refractivity contribution in [2.24, 2.45) is 0 Å². The highest BCUT2D eigenvalue weighted by Gasteiger charge is 2.10. The van der Waals surface area contributed by atoms with Gasteiger partial charge < -0.3 is 18.6 Å². The summed E-state index contributed by atoms with van der Waals surface area (Å²) in [7, 11) is 3.19. The Morgan fingerprint density at radius 1 is 0.963 bits per heavy atom. The molecule has 1 aromatic heterocycles. The van der Waals surface area contributed by atoms with Crippen LogP contribution in [0.25, 0.3) is 17.5 Å². The molecule has 0 aliphatic carbocycles. The van der Waals surface area contributed by atoms with E-state index in [-0.39, 0.29) is 12.5 Å². The molecule has 2 aromatic carbocycles. The Bertz CT molecular complexity index is 914. The summed E-state index contributed by atoms with van der Waals surface area (Å²) in [6.07, 6.45) is 2.99. The summed E-state index contributed by atoms with van der Waals surface area (Å²) in [5.41, 5.74) is 1.60. The summed E-state index contributed by atoms with van der Waals surface area (Å²) in [6.45, 7) is -0.102. The van der Waals surface area contributed by atoms with Gasteiger partial charge in [0.25, 0.3) is 5.89 Å². The van der Waals surface area contributed by atoms with Gasteiger partial charge in [0.05, 0.1) is 14.2 Å². The maximum absolute atomic E-state index is 11.8. The molecule has 1 heterocycles. The van der Waals surface area contributed by atoms with Crippen molar-refractivity contribution in [3.63, 3.8) is 0 Å². The summed E-state index contributed by atoms with van der Waals surface area (Å²) < 4.78 is 20.8. The second-order valence-electron chi connectivity index (χ2n) is 5.44. The van der Waals surface area contributed by atoms with Crippen LogP contribution in [0.5, 0.6) is 11.5 Å². The molecule has 0 saturated carbocycles. The average Bonchev–Trinajstić information content (AvgIpc) is 3.20. The van der Waals surface area contributed by atoms with E-state index in [0.717, 1.165) is 22.6 Å². The number of methoxy groups -OCH3 is 2. The first-order valence-electron chi connectivity index (χ1n) is 8.13. The molecule has 0 saturated heterocycles. The Morgan fingerprint density at radius 2 is 1.59 bits per heavy atom. The second-order valence-corrected chi connectivity index (χ2v) is 5.44. The summed E-state index contributed by atoms with van der Waals surface area (Å²) in [6, 6.07) is 14.5. The van der Waals surface area contributed by atoms with Crippen LogP contribution >= 0.6 is 0 Å². The van der Waals surface area contributed by atoms with E-state index in [2.05, 4.69) is 10.2 Å². The number of benzene rings is 2. The molecule has 0 bridgehead atoms. The van der Waals surface area contributed by atoms with Gasteiger partial charge in [-0.05, 0) is 48.0 Å². The zero-order valence-electron chi connectivity index (χ0n) is 14.9. The van der Waals surface area contributed by atoms with Crippen molar-refractivity contribution in [1.82, 2.24) is 10.2 Å². The lowest BCUT2D eigenvalue weighted by Crippen LogP contribution is -2.00. The minimum Gasteiger partial charge on any atom is -0.497 e. The van der Waals surface area contributed by atoms with Gasteiger partial charge >= 0.3 is 5.97 Å². The van der Waals surface area contributed by atoms with Gasteiger partial charge in [-0.3, -0.25) is 0 Å². The first-order chi connectivity index (χ1) is 13.2. The predicted octanol–water partition coefficient (Wildman–Crippen LogP) is 3.51. The molecule has 3 rings (SSSR count). The molecule has 0 aliphatic rings. The Labute approximate surface area is 156 Å². The Kier molecular flexibility index (Phi) is 5.84. The van der Waals surface area contributed by atoms with E-state index in [1.54, 1.807) is 44.6 Å². The van der Waals surface area contributed by atoms with Crippen LogP contribution in [0, 0.1) is 0 Å². The molecule has 3 aromatic rings. The van der Waals surface area contributed by atoms with Gasteiger partial charge in [-0.1, -0.05) is 12.1 Å². The molecule has 0 atom stereocenters. The fourth-order valence-electron chi connectivity index (χ4n) is 2.22. The zero-order chi connectivity index (χ0) is 19.1. The molecule has 0 spiro atoms. The smallest absolute Gasteiger partial charge is 0.331 e. The third-order valence-corrected chi connectivity index (χ3v) is 3.67. The van der Waals surface area contributed by atoms with Gasteiger partial charge in [0.1, 0.15) is 11.5 Å². The van der Waals surface area contributed by atoms with Crippen LogP contribution in [0.1, 0.15) is 11.5 Å². The molecule has 0 N–H and O–H groups in total. The molecule has 0 radical (unpaired) electrons. The zero-order valence-corrected chi connectivity index (χ0v) is 14.9. The number of hydrogen-bond acceptors (Lipinski definition) is 7. The van der Waals surface area contributed by atoms with E-state index in [1.807, 2.05) is 24.3 Å². The molecular formula is C20H18N2O5. The lowest BCUT2D eigenvalue weighted by molar-refractivity contribution is -0.139. The summed E-state index contributed by atoms with van der Waals surface area (Å²) >= 11 is 0. The van der Waals surface area contributed by atoms with E-state index in [1.165, 1.54) is 6.08 Å². The predicted molar refractivity (Wildman–Crippen MR) is 98.1 cm³/mol. The standard InChI is InChI=1S/C20H18N2O5/c1-24-16-8-3-14(4-9-16)5-12-19(23)26-13-18-21-22-20(27-18)15-6-10-17(25-2)11-7-15/h3-12H,13H2,1-2H3/b12-5+. The monoisotopic (exact) mass is 366 g/mol. The molecule has 0 fully saturated rings. The van der Waals surface area contributed by atoms with Crippen LogP contribution in [0.3, 0.4) is 0 Å². The van der Waals surface area contributed by atoms with Crippen molar-refractivity contribution in [3.8, 4) is 23.0 Å². The van der Waals surface area contributed by atoms with Crippen molar-refractivity contribution in [1.29, 1.82) is 0 Å². The minimum atomic E-state index is -0.505. The first-order valence-corrected chi connectivity index (χ1v) is 8.13. The van der Waals surface area contributed by atoms with Crippen molar-refractivity contribution in [2.45, 2.75) is 6.61 Å². The second kappa shape index (κ2) is 8.66. The van der Waals surface area contributed by atoms with Gasteiger partial charge in [-0.15, -0.1) is 10.2 Å². The van der Waals surface area contributed by atoms with Gasteiger partial charge in [-0.25, -0.2) is 4.79 Å². The van der Waals surface area contributed by atoms with Crippen LogP contribution in [-0.2, 0) is 16.1 Å². The quantitative estimate of drug-likeness (QED) is 0.467. The maximum Gasteiger partial charge on any atom is 0.331 e. The molecule has 0 unspecified atom stereocenters. The van der Waals surface area contributed by atoms with Gasteiger partial charge in [0.15, 0.2) is 6.61 Å². The average molecular weight is 366 g/mol. The lowest BCUT2D eigenvalue weighted by atomic mass is 10.2. The SMILES string of the molecule is COc1ccc(/C=C/C(=O)OCc2nnc(-c3ccc(OC)cc3)o2)cc1. The van der Waals surface area contributed by atoms with Crippen molar-refractivity contribution in [2.75, 3.05) is 14.2 Å². The first kappa shape index (κ1) is 18.2. The van der Waals surface area contributed by atoms with Crippen LogP contribution in [0.4, 0.5) is 0 Å². The van der Waals surface area contributed by atoms with Crippen LogP contribution in [0.2, 0.25) is 0 Å². The van der Waals surface area contributed by atoms with Gasteiger partial charge in [0.2, 0.25) is 5.89 Å². The summed E-state index contributed by atoms with van der Waals surface area (Å²) in [5, 5.41) is 7.83. The number of rotatable bonds is 7. The topological polar surface area (TPSA) is 83.7 Å². The number of hydrogen-bond donors (Lipinski definition) is 0. The molecule has 0 aliphatic heterocycles. The van der Waals surface area contributed by atoms with E-state index in [9.17, 15) is 4.79 Å². The summed E-state index contributed by atoms with van der Waals surface area (Å²) in [4.78, 5) is 11.8. The molecule has 138 valence electrons. The Morgan fingerprint density at radius 3 is 2.22 bits per heavy atom. The third-order valence-electron chi connectivity index (χ3n) is 3.67. The van der Waals surface area contributed by atoms with Gasteiger partial charge in [-0.2, -0.15) is 0 Å². The number of esters is 1. The summed E-state index contributed by atoms with van der Waals surface area (Å²) in [5.74, 6) is 1.54. The fourth-order valence-corrected chi connectivity index (χ4v) is 2.22. The van der Waals surface area contributed by atoms with Crippen molar-refractivity contribution >= 4 is 12.0 Å². The number of ether oxygens (including phenoxy) is 3. The minimum absolute atomic E-state index is 0.102. The van der Waals surface area contributed by atoms with Crippen LogP contribution in [-0.4, -0.2) is 30.4 Å². The largest absolute Gasteiger partial charge is 0.497 e. The van der Waals surface area contributed by atoms with Gasteiger partial charge in [0, 0.05) is 11.6 Å². The fraction of sp³-hybridized carbons (Fsp3) is 0.150. The highest BCUT2D eigenvalue weighted by Crippen LogP contribution is 2.21. The molecule has 0 amide bonds. The normalized spacial score (nSPS) is 10.7. The number of carbonyl (C=O) groups is 1. The molecule has 7 nitrogen and oxygen atoms in total. The van der Waals surface area contributed by atoms with E-state index in [0.29, 0.717) is 5.89 Å². The maximum atomic E-state index is 11.8. The highest BCUT2D eigenvalue weighted by atomic mass is 16.5. The van der Waals surface area contributed by atoms with E-state index in [4.69, 9.17) is 18.6 Å². The van der Waals surface area contributed by atoms with Crippen molar-refractivity contribution < 1.29 is 23.4 Å². The number of nitrogens with zero attached hydrogens (tertiary/aromatic N) is 2. The number of aromatic nitrogens is 2. The Balaban J connectivity index is 1.54. The van der Waals surface area contributed by atoms with E-state index < -0.39 is 5.97 Å². The molecular weight excluding hydrogens is 348 g/mol.